The second-order valence-electron chi connectivity index (χ2n) is 5.73. The number of thioether (sulfide) groups is 1. The van der Waals surface area contributed by atoms with Crippen molar-refractivity contribution >= 4 is 29.0 Å². The lowest BCUT2D eigenvalue weighted by Gasteiger charge is -2.16. The van der Waals surface area contributed by atoms with E-state index in [1.807, 2.05) is 56.6 Å². The van der Waals surface area contributed by atoms with E-state index in [-0.39, 0.29) is 5.91 Å². The molecular formula is C17H19N5OS2. The van der Waals surface area contributed by atoms with Crippen molar-refractivity contribution in [1.29, 1.82) is 0 Å². The van der Waals surface area contributed by atoms with E-state index in [1.165, 1.54) is 16.6 Å². The Morgan fingerprint density at radius 1 is 1.24 bits per heavy atom. The van der Waals surface area contributed by atoms with Gasteiger partial charge in [-0.15, -0.1) is 16.4 Å². The quantitative estimate of drug-likeness (QED) is 0.621. The molecule has 0 fully saturated rings. The number of para-hydroxylation sites is 1. The molecule has 0 aliphatic heterocycles. The molecule has 0 N–H and O–H groups in total. The molecule has 1 amide bonds. The van der Waals surface area contributed by atoms with Gasteiger partial charge < -0.3 is 4.90 Å². The molecule has 0 atom stereocenters. The summed E-state index contributed by atoms with van der Waals surface area (Å²) in [5.74, 6) is 0.349. The molecule has 130 valence electrons. The summed E-state index contributed by atoms with van der Waals surface area (Å²) < 4.78 is 1.71. The lowest BCUT2D eigenvalue weighted by atomic mass is 10.1. The normalized spacial score (nSPS) is 10.8. The number of rotatable bonds is 6. The van der Waals surface area contributed by atoms with Gasteiger partial charge in [0.25, 0.3) is 0 Å². The minimum atomic E-state index is 0.0504. The van der Waals surface area contributed by atoms with E-state index in [0.29, 0.717) is 17.5 Å². The number of thiophene rings is 1. The van der Waals surface area contributed by atoms with Gasteiger partial charge in [0.05, 0.1) is 18.0 Å². The molecule has 0 unspecified atom stereocenters. The highest BCUT2D eigenvalue weighted by Crippen LogP contribution is 2.23. The van der Waals surface area contributed by atoms with Crippen LogP contribution in [0.1, 0.15) is 16.0 Å². The van der Waals surface area contributed by atoms with E-state index >= 15 is 0 Å². The molecule has 0 spiro atoms. The molecule has 1 aromatic carbocycles. The van der Waals surface area contributed by atoms with Gasteiger partial charge in [0.1, 0.15) is 0 Å². The lowest BCUT2D eigenvalue weighted by Crippen LogP contribution is -2.27. The molecule has 0 aliphatic carbocycles. The predicted octanol–water partition coefficient (Wildman–Crippen LogP) is 3.09. The number of aromatic nitrogens is 4. The number of hydrogen-bond acceptors (Lipinski definition) is 6. The molecule has 25 heavy (non-hydrogen) atoms. The van der Waals surface area contributed by atoms with Crippen LogP contribution in [-0.2, 0) is 11.3 Å². The zero-order chi connectivity index (χ0) is 17.8. The third-order valence-electron chi connectivity index (χ3n) is 3.82. The van der Waals surface area contributed by atoms with Crippen LogP contribution in [0, 0.1) is 13.8 Å². The second kappa shape index (κ2) is 7.79. The van der Waals surface area contributed by atoms with Gasteiger partial charge in [-0.2, -0.15) is 4.68 Å². The average molecular weight is 374 g/mol. The Bertz CT molecular complexity index is 840. The summed E-state index contributed by atoms with van der Waals surface area (Å²) >= 11 is 3.00. The fourth-order valence-corrected chi connectivity index (χ4v) is 4.08. The van der Waals surface area contributed by atoms with Gasteiger partial charge in [-0.25, -0.2) is 0 Å². The molecule has 2 aromatic heterocycles. The Balaban J connectivity index is 1.68. The summed E-state index contributed by atoms with van der Waals surface area (Å²) in [5, 5.41) is 14.6. The zero-order valence-corrected chi connectivity index (χ0v) is 16.0. The highest BCUT2D eigenvalue weighted by Gasteiger charge is 2.16. The maximum atomic E-state index is 12.4. The van der Waals surface area contributed by atoms with Gasteiger partial charge in [0.2, 0.25) is 11.1 Å². The minimum absolute atomic E-state index is 0.0504. The Morgan fingerprint density at radius 3 is 2.68 bits per heavy atom. The molecule has 0 aliphatic rings. The lowest BCUT2D eigenvalue weighted by molar-refractivity contribution is -0.127. The molecule has 0 radical (unpaired) electrons. The van der Waals surface area contributed by atoms with E-state index < -0.39 is 0 Å². The Labute approximate surface area is 154 Å². The van der Waals surface area contributed by atoms with Crippen LogP contribution in [-0.4, -0.2) is 43.8 Å². The van der Waals surface area contributed by atoms with Crippen LogP contribution in [0.25, 0.3) is 5.69 Å². The number of amides is 1. The third kappa shape index (κ3) is 4.08. The van der Waals surface area contributed by atoms with Crippen molar-refractivity contribution in [2.24, 2.45) is 0 Å². The van der Waals surface area contributed by atoms with Gasteiger partial charge in [0, 0.05) is 11.9 Å². The molecule has 0 saturated heterocycles. The highest BCUT2D eigenvalue weighted by molar-refractivity contribution is 7.99. The summed E-state index contributed by atoms with van der Waals surface area (Å²) in [6, 6.07) is 10.1. The number of carbonyl (C=O) groups excluding carboxylic acids is 1. The van der Waals surface area contributed by atoms with Crippen LogP contribution in [0.2, 0.25) is 0 Å². The summed E-state index contributed by atoms with van der Waals surface area (Å²) in [7, 11) is 1.82. The smallest absolute Gasteiger partial charge is 0.233 e. The van der Waals surface area contributed by atoms with Gasteiger partial charge in [-0.05, 0) is 46.8 Å². The highest BCUT2D eigenvalue weighted by atomic mass is 32.2. The Kier molecular flexibility index (Phi) is 5.50. The summed E-state index contributed by atoms with van der Waals surface area (Å²) in [5.41, 5.74) is 3.15. The van der Waals surface area contributed by atoms with E-state index in [0.717, 1.165) is 16.8 Å². The van der Waals surface area contributed by atoms with Gasteiger partial charge in [0.15, 0.2) is 0 Å². The van der Waals surface area contributed by atoms with E-state index in [1.54, 1.807) is 20.9 Å². The molecule has 0 bridgehead atoms. The number of carbonyl (C=O) groups is 1. The van der Waals surface area contributed by atoms with Crippen molar-refractivity contribution in [3.05, 3.63) is 51.7 Å². The number of hydrogen-bond donors (Lipinski definition) is 0. The van der Waals surface area contributed by atoms with E-state index in [4.69, 9.17) is 0 Å². The van der Waals surface area contributed by atoms with Crippen LogP contribution in [0.4, 0.5) is 0 Å². The average Bonchev–Trinajstić information content (AvgIpc) is 3.24. The molecule has 8 heteroatoms. The summed E-state index contributed by atoms with van der Waals surface area (Å²) in [6.45, 7) is 4.68. The molecule has 3 aromatic rings. The fraction of sp³-hybridized carbons (Fsp3) is 0.294. The number of tetrazole rings is 1. The van der Waals surface area contributed by atoms with Crippen LogP contribution in [0.15, 0.2) is 40.9 Å². The molecule has 0 saturated carbocycles. The topological polar surface area (TPSA) is 63.9 Å². The number of nitrogens with zero attached hydrogens (tertiary/aromatic N) is 5. The SMILES string of the molecule is Cc1cccc(C)c1-n1nnnc1SCC(=O)N(C)Cc1cccs1. The first-order valence-electron chi connectivity index (χ1n) is 7.80. The third-order valence-corrected chi connectivity index (χ3v) is 5.58. The van der Waals surface area contributed by atoms with Gasteiger partial charge in [-0.3, -0.25) is 4.79 Å². The van der Waals surface area contributed by atoms with Crippen molar-refractivity contribution in [3.63, 3.8) is 0 Å². The Hall–Kier alpha value is -2.19. The van der Waals surface area contributed by atoms with Crippen LogP contribution < -0.4 is 0 Å². The van der Waals surface area contributed by atoms with Crippen LogP contribution >= 0.6 is 23.1 Å². The monoisotopic (exact) mass is 373 g/mol. The molecule has 3 rings (SSSR count). The summed E-state index contributed by atoms with van der Waals surface area (Å²) in [6.07, 6.45) is 0. The predicted molar refractivity (Wildman–Crippen MR) is 100 cm³/mol. The number of benzene rings is 1. The van der Waals surface area contributed by atoms with Crippen LogP contribution in [0.3, 0.4) is 0 Å². The standard InChI is InChI=1S/C17H19N5OS2/c1-12-6-4-7-13(2)16(12)22-17(18-19-20-22)25-11-15(23)21(3)10-14-8-5-9-24-14/h4-9H,10-11H2,1-3H3. The maximum absolute atomic E-state index is 12.4. The molecular weight excluding hydrogens is 354 g/mol. The summed E-state index contributed by atoms with van der Waals surface area (Å²) in [4.78, 5) is 15.3. The van der Waals surface area contributed by atoms with Gasteiger partial charge >= 0.3 is 0 Å². The van der Waals surface area contributed by atoms with E-state index in [9.17, 15) is 4.79 Å². The van der Waals surface area contributed by atoms with E-state index in [2.05, 4.69) is 15.5 Å². The minimum Gasteiger partial charge on any atom is -0.340 e. The van der Waals surface area contributed by atoms with Crippen molar-refractivity contribution in [3.8, 4) is 5.69 Å². The first kappa shape index (κ1) is 17.6. The zero-order valence-electron chi connectivity index (χ0n) is 14.3. The maximum Gasteiger partial charge on any atom is 0.233 e. The fourth-order valence-electron chi connectivity index (χ4n) is 2.51. The molecule has 2 heterocycles. The van der Waals surface area contributed by atoms with Crippen molar-refractivity contribution < 1.29 is 4.79 Å². The Morgan fingerprint density at radius 2 is 2.00 bits per heavy atom. The van der Waals surface area contributed by atoms with Crippen molar-refractivity contribution in [2.75, 3.05) is 12.8 Å². The first-order chi connectivity index (χ1) is 12.1. The van der Waals surface area contributed by atoms with Gasteiger partial charge in [-0.1, -0.05) is 36.0 Å². The van der Waals surface area contributed by atoms with Crippen molar-refractivity contribution in [1.82, 2.24) is 25.1 Å². The molecule has 6 nitrogen and oxygen atoms in total. The first-order valence-corrected chi connectivity index (χ1v) is 9.67. The van der Waals surface area contributed by atoms with Crippen molar-refractivity contribution in [2.45, 2.75) is 25.5 Å². The largest absolute Gasteiger partial charge is 0.340 e. The second-order valence-corrected chi connectivity index (χ2v) is 7.71. The number of aryl methyl sites for hydroxylation is 2. The van der Waals surface area contributed by atoms with Crippen LogP contribution in [0.5, 0.6) is 0 Å².